The molecule has 3 aromatic rings. The molecule has 0 spiro atoms. The zero-order valence-electron chi connectivity index (χ0n) is 14.7. The monoisotopic (exact) mass is 369 g/mol. The molecule has 2 aromatic carbocycles. The Morgan fingerprint density at radius 1 is 0.885 bits per heavy atom. The summed E-state index contributed by atoms with van der Waals surface area (Å²) in [5.74, 6) is 1.45. The largest absolute Gasteiger partial charge is 0.493 e. The lowest BCUT2D eigenvalue weighted by molar-refractivity contribution is -0.686. The van der Waals surface area contributed by atoms with Crippen LogP contribution in [0.5, 0.6) is 11.5 Å². The van der Waals surface area contributed by atoms with E-state index in [1.54, 1.807) is 19.4 Å². The SMILES string of the molecule is COc1cc(C[NH2+]Cc2ccccc2)ccc1OCc1ccc(Cl)nc1. The van der Waals surface area contributed by atoms with Gasteiger partial charge in [-0.3, -0.25) is 0 Å². The van der Waals surface area contributed by atoms with Crippen LogP contribution in [0.1, 0.15) is 16.7 Å². The molecular weight excluding hydrogens is 348 g/mol. The number of ether oxygens (including phenoxy) is 2. The summed E-state index contributed by atoms with van der Waals surface area (Å²) in [5, 5.41) is 2.74. The summed E-state index contributed by atoms with van der Waals surface area (Å²) < 4.78 is 11.3. The van der Waals surface area contributed by atoms with Gasteiger partial charge in [0.05, 0.1) is 7.11 Å². The molecule has 26 heavy (non-hydrogen) atoms. The summed E-state index contributed by atoms with van der Waals surface area (Å²) in [4.78, 5) is 4.06. The number of hydrogen-bond donors (Lipinski definition) is 1. The number of aromatic nitrogens is 1. The first-order chi connectivity index (χ1) is 12.7. The molecule has 0 atom stereocenters. The summed E-state index contributed by atoms with van der Waals surface area (Å²) in [6.07, 6.45) is 1.71. The van der Waals surface area contributed by atoms with Gasteiger partial charge in [-0.25, -0.2) is 4.98 Å². The zero-order valence-corrected chi connectivity index (χ0v) is 15.4. The highest BCUT2D eigenvalue weighted by Crippen LogP contribution is 2.28. The molecule has 4 nitrogen and oxygen atoms in total. The second-order valence-electron chi connectivity index (χ2n) is 5.95. The molecule has 3 rings (SSSR count). The van der Waals surface area contributed by atoms with Crippen LogP contribution in [0, 0.1) is 0 Å². The second kappa shape index (κ2) is 9.22. The van der Waals surface area contributed by atoms with Gasteiger partial charge >= 0.3 is 0 Å². The molecule has 1 aromatic heterocycles. The van der Waals surface area contributed by atoms with E-state index in [-0.39, 0.29) is 0 Å². The summed E-state index contributed by atoms with van der Waals surface area (Å²) in [6, 6.07) is 20.1. The average molecular weight is 370 g/mol. The molecule has 0 saturated heterocycles. The number of benzene rings is 2. The summed E-state index contributed by atoms with van der Waals surface area (Å²) in [5.41, 5.74) is 3.46. The molecule has 0 radical (unpaired) electrons. The van der Waals surface area contributed by atoms with Crippen molar-refractivity contribution >= 4 is 11.6 Å². The van der Waals surface area contributed by atoms with Crippen molar-refractivity contribution in [2.75, 3.05) is 7.11 Å². The van der Waals surface area contributed by atoms with Crippen molar-refractivity contribution < 1.29 is 14.8 Å². The Kier molecular flexibility index (Phi) is 6.47. The third-order valence-electron chi connectivity index (χ3n) is 4.01. The number of pyridine rings is 1. The smallest absolute Gasteiger partial charge is 0.161 e. The highest BCUT2D eigenvalue weighted by atomic mass is 35.5. The van der Waals surface area contributed by atoms with Crippen LogP contribution in [0.4, 0.5) is 0 Å². The number of hydrogen-bond acceptors (Lipinski definition) is 3. The number of quaternary nitrogens is 1. The van der Waals surface area contributed by atoms with Crippen LogP contribution in [0.15, 0.2) is 66.9 Å². The van der Waals surface area contributed by atoms with Crippen molar-refractivity contribution in [3.8, 4) is 11.5 Å². The van der Waals surface area contributed by atoms with Gasteiger partial charge in [-0.15, -0.1) is 0 Å². The van der Waals surface area contributed by atoms with Gasteiger partial charge in [-0.2, -0.15) is 0 Å². The lowest BCUT2D eigenvalue weighted by atomic mass is 10.2. The van der Waals surface area contributed by atoms with Gasteiger partial charge in [0.25, 0.3) is 0 Å². The number of halogens is 1. The number of rotatable bonds is 8. The van der Waals surface area contributed by atoms with Crippen molar-refractivity contribution in [1.82, 2.24) is 4.98 Å². The summed E-state index contributed by atoms with van der Waals surface area (Å²) in [7, 11) is 1.66. The van der Waals surface area contributed by atoms with E-state index >= 15 is 0 Å². The molecule has 0 saturated carbocycles. The van der Waals surface area contributed by atoms with Gasteiger partial charge in [-0.05, 0) is 24.3 Å². The van der Waals surface area contributed by atoms with E-state index in [1.807, 2.05) is 24.3 Å². The van der Waals surface area contributed by atoms with Crippen LogP contribution in [0.2, 0.25) is 5.15 Å². The van der Waals surface area contributed by atoms with Gasteiger partial charge in [0.2, 0.25) is 0 Å². The maximum atomic E-state index is 5.86. The lowest BCUT2D eigenvalue weighted by Gasteiger charge is -2.12. The molecule has 0 fully saturated rings. The second-order valence-corrected chi connectivity index (χ2v) is 6.33. The van der Waals surface area contributed by atoms with Crippen molar-refractivity contribution in [2.24, 2.45) is 0 Å². The molecule has 0 aliphatic heterocycles. The van der Waals surface area contributed by atoms with E-state index in [0.717, 1.165) is 24.4 Å². The van der Waals surface area contributed by atoms with E-state index in [0.29, 0.717) is 17.5 Å². The van der Waals surface area contributed by atoms with E-state index in [9.17, 15) is 0 Å². The van der Waals surface area contributed by atoms with Gasteiger partial charge in [0, 0.05) is 22.9 Å². The van der Waals surface area contributed by atoms with Gasteiger partial charge < -0.3 is 14.8 Å². The van der Waals surface area contributed by atoms with Crippen LogP contribution in [0.3, 0.4) is 0 Å². The minimum Gasteiger partial charge on any atom is -0.493 e. The highest BCUT2D eigenvalue weighted by molar-refractivity contribution is 6.29. The van der Waals surface area contributed by atoms with Crippen LogP contribution in [0.25, 0.3) is 0 Å². The first-order valence-corrected chi connectivity index (χ1v) is 8.88. The molecule has 1 heterocycles. The molecule has 0 unspecified atom stereocenters. The van der Waals surface area contributed by atoms with Crippen molar-refractivity contribution in [1.29, 1.82) is 0 Å². The Morgan fingerprint density at radius 3 is 2.38 bits per heavy atom. The Morgan fingerprint density at radius 2 is 1.65 bits per heavy atom. The molecule has 134 valence electrons. The van der Waals surface area contributed by atoms with E-state index in [1.165, 1.54) is 11.1 Å². The first-order valence-electron chi connectivity index (χ1n) is 8.50. The normalized spacial score (nSPS) is 10.5. The molecule has 5 heteroatoms. The fraction of sp³-hybridized carbons (Fsp3) is 0.190. The number of nitrogens with zero attached hydrogens (tertiary/aromatic N) is 1. The average Bonchev–Trinajstić information content (AvgIpc) is 2.69. The van der Waals surface area contributed by atoms with Crippen molar-refractivity contribution in [3.63, 3.8) is 0 Å². The van der Waals surface area contributed by atoms with Crippen LogP contribution in [-0.2, 0) is 19.7 Å². The fourth-order valence-corrected chi connectivity index (χ4v) is 2.74. The predicted octanol–water partition coefficient (Wildman–Crippen LogP) is 3.59. The molecule has 0 bridgehead atoms. The van der Waals surface area contributed by atoms with Crippen LogP contribution in [-0.4, -0.2) is 12.1 Å². The molecule has 0 amide bonds. The fourth-order valence-electron chi connectivity index (χ4n) is 2.63. The van der Waals surface area contributed by atoms with Crippen LogP contribution >= 0.6 is 11.6 Å². The molecule has 0 aliphatic carbocycles. The van der Waals surface area contributed by atoms with Gasteiger partial charge in [0.15, 0.2) is 11.5 Å². The van der Waals surface area contributed by atoms with E-state index in [2.05, 4.69) is 40.6 Å². The van der Waals surface area contributed by atoms with E-state index in [4.69, 9.17) is 21.1 Å². The van der Waals surface area contributed by atoms with Gasteiger partial charge in [0.1, 0.15) is 24.8 Å². The van der Waals surface area contributed by atoms with Crippen LogP contribution < -0.4 is 14.8 Å². The number of methoxy groups -OCH3 is 1. The minimum atomic E-state index is 0.417. The maximum Gasteiger partial charge on any atom is 0.161 e. The summed E-state index contributed by atoms with van der Waals surface area (Å²) >= 11 is 5.80. The predicted molar refractivity (Wildman–Crippen MR) is 102 cm³/mol. The lowest BCUT2D eigenvalue weighted by Crippen LogP contribution is -2.80. The Balaban J connectivity index is 1.57. The van der Waals surface area contributed by atoms with Crippen molar-refractivity contribution in [2.45, 2.75) is 19.7 Å². The third-order valence-corrected chi connectivity index (χ3v) is 4.24. The van der Waals surface area contributed by atoms with Crippen molar-refractivity contribution in [3.05, 3.63) is 88.7 Å². The van der Waals surface area contributed by atoms with E-state index < -0.39 is 0 Å². The summed E-state index contributed by atoms with van der Waals surface area (Å²) in [6.45, 7) is 2.25. The molecule has 0 aliphatic rings. The Hall–Kier alpha value is -2.56. The topological polar surface area (TPSA) is 48.0 Å². The standard InChI is InChI=1S/C21H21ClN2O2/c1-25-20-11-17(13-23-12-16-5-3-2-4-6-16)7-9-19(20)26-15-18-8-10-21(22)24-14-18/h2-11,14,23H,12-13,15H2,1H3/p+1. The molecule has 2 N–H and O–H groups in total. The highest BCUT2D eigenvalue weighted by Gasteiger charge is 2.08. The minimum absolute atomic E-state index is 0.417. The first kappa shape index (κ1) is 18.2. The quantitative estimate of drug-likeness (QED) is 0.617. The maximum absolute atomic E-state index is 5.86. The Labute approximate surface area is 158 Å². The Bertz CT molecular complexity index is 823. The number of nitrogens with two attached hydrogens (primary N) is 1. The molecular formula is C21H22ClN2O2+. The zero-order chi connectivity index (χ0) is 18.2. The third kappa shape index (κ3) is 5.22. The van der Waals surface area contributed by atoms with Gasteiger partial charge in [-0.1, -0.05) is 48.0 Å².